The van der Waals surface area contributed by atoms with Gasteiger partial charge in [-0.05, 0) is 19.4 Å². The number of nitrogens with zero attached hydrogens (tertiary/aromatic N) is 1. The molecule has 1 N–H and O–H groups in total. The van der Waals surface area contributed by atoms with E-state index in [2.05, 4.69) is 5.32 Å². The Morgan fingerprint density at radius 3 is 2.59 bits per heavy atom. The summed E-state index contributed by atoms with van der Waals surface area (Å²) >= 11 is 0. The van der Waals surface area contributed by atoms with E-state index in [1.165, 1.54) is 4.90 Å². The molecule has 0 bridgehead atoms. The highest BCUT2D eigenvalue weighted by Gasteiger charge is 2.37. The summed E-state index contributed by atoms with van der Waals surface area (Å²) in [4.78, 5) is 38.8. The Labute approximate surface area is 159 Å². The predicted octanol–water partition coefficient (Wildman–Crippen LogP) is 1.60. The van der Waals surface area contributed by atoms with E-state index in [0.29, 0.717) is 24.4 Å². The molecule has 1 aliphatic rings. The summed E-state index contributed by atoms with van der Waals surface area (Å²) in [5, 5.41) is 2.69. The maximum absolute atomic E-state index is 12.7. The van der Waals surface area contributed by atoms with E-state index in [1.807, 2.05) is 30.3 Å². The molecule has 0 fully saturated rings. The molecule has 0 radical (unpaired) electrons. The minimum absolute atomic E-state index is 0.112. The Bertz CT molecular complexity index is 714. The smallest absolute Gasteiger partial charge is 0.336 e. The van der Waals surface area contributed by atoms with Gasteiger partial charge in [-0.3, -0.25) is 9.59 Å². The second-order valence-corrected chi connectivity index (χ2v) is 6.21. The van der Waals surface area contributed by atoms with Crippen molar-refractivity contribution < 1.29 is 23.9 Å². The fourth-order valence-electron chi connectivity index (χ4n) is 3.14. The van der Waals surface area contributed by atoms with Crippen molar-refractivity contribution in [2.75, 3.05) is 33.4 Å². The van der Waals surface area contributed by atoms with Crippen molar-refractivity contribution in [3.05, 3.63) is 47.2 Å². The average Bonchev–Trinajstić information content (AvgIpc) is 2.65. The molecule has 1 unspecified atom stereocenters. The number of nitrogens with one attached hydrogen (secondary N) is 1. The summed E-state index contributed by atoms with van der Waals surface area (Å²) in [5.74, 6) is -1.34. The lowest BCUT2D eigenvalue weighted by Gasteiger charge is -2.34. The molecule has 0 aromatic heterocycles. The molecule has 0 spiro atoms. The van der Waals surface area contributed by atoms with Crippen molar-refractivity contribution in [3.63, 3.8) is 0 Å². The van der Waals surface area contributed by atoms with Crippen molar-refractivity contribution in [2.45, 2.75) is 26.2 Å². The summed E-state index contributed by atoms with van der Waals surface area (Å²) in [6.45, 7) is 4.26. The van der Waals surface area contributed by atoms with Crippen LogP contribution < -0.4 is 5.32 Å². The standard InChI is InChI=1S/C20H26N2O5/c1-4-27-20(25)19-14(2)22(13-17(23)21-10-11-26-3)18(24)12-16(19)15-8-6-5-7-9-15/h5-9,16H,4,10-13H2,1-3H3,(H,21,23). The van der Waals surface area contributed by atoms with E-state index in [9.17, 15) is 14.4 Å². The van der Waals surface area contributed by atoms with Gasteiger partial charge in [0, 0.05) is 31.7 Å². The van der Waals surface area contributed by atoms with E-state index in [0.717, 1.165) is 5.56 Å². The maximum Gasteiger partial charge on any atom is 0.336 e. The number of hydrogen-bond donors (Lipinski definition) is 1. The number of benzene rings is 1. The van der Waals surface area contributed by atoms with Gasteiger partial charge in [0.05, 0.1) is 18.8 Å². The monoisotopic (exact) mass is 374 g/mol. The zero-order valence-electron chi connectivity index (χ0n) is 16.0. The van der Waals surface area contributed by atoms with Gasteiger partial charge in [-0.2, -0.15) is 0 Å². The van der Waals surface area contributed by atoms with Crippen molar-refractivity contribution in [2.24, 2.45) is 0 Å². The molecule has 2 amide bonds. The Morgan fingerprint density at radius 2 is 1.96 bits per heavy atom. The largest absolute Gasteiger partial charge is 0.463 e. The first-order chi connectivity index (χ1) is 13.0. The molecule has 1 heterocycles. The number of rotatable bonds is 8. The highest BCUT2D eigenvalue weighted by molar-refractivity contribution is 5.97. The molecule has 7 heteroatoms. The van der Waals surface area contributed by atoms with Crippen LogP contribution in [0.4, 0.5) is 0 Å². The van der Waals surface area contributed by atoms with Crippen LogP contribution in [0, 0.1) is 0 Å². The van der Waals surface area contributed by atoms with Crippen LogP contribution in [0.25, 0.3) is 0 Å². The lowest BCUT2D eigenvalue weighted by molar-refractivity contribution is -0.141. The molecule has 146 valence electrons. The van der Waals surface area contributed by atoms with E-state index < -0.39 is 5.97 Å². The van der Waals surface area contributed by atoms with Gasteiger partial charge in [0.25, 0.3) is 0 Å². The number of carbonyl (C=O) groups excluding carboxylic acids is 3. The normalized spacial score (nSPS) is 17.1. The number of hydrogen-bond acceptors (Lipinski definition) is 5. The Balaban J connectivity index is 2.31. The van der Waals surface area contributed by atoms with Crippen LogP contribution in [0.3, 0.4) is 0 Å². The molecular formula is C20H26N2O5. The topological polar surface area (TPSA) is 84.9 Å². The van der Waals surface area contributed by atoms with Crippen LogP contribution in [0.1, 0.15) is 31.7 Å². The number of methoxy groups -OCH3 is 1. The fraction of sp³-hybridized carbons (Fsp3) is 0.450. The van der Waals surface area contributed by atoms with Gasteiger partial charge in [0.2, 0.25) is 11.8 Å². The van der Waals surface area contributed by atoms with Crippen molar-refractivity contribution in [3.8, 4) is 0 Å². The number of esters is 1. The third kappa shape index (κ3) is 5.17. The van der Waals surface area contributed by atoms with Gasteiger partial charge < -0.3 is 19.7 Å². The number of allylic oxidation sites excluding steroid dienone is 1. The zero-order valence-corrected chi connectivity index (χ0v) is 16.0. The summed E-state index contributed by atoms with van der Waals surface area (Å²) in [7, 11) is 1.54. The molecule has 2 rings (SSSR count). The first-order valence-corrected chi connectivity index (χ1v) is 8.98. The Kier molecular flexibility index (Phi) is 7.55. The van der Waals surface area contributed by atoms with E-state index in [1.54, 1.807) is 21.0 Å². The summed E-state index contributed by atoms with van der Waals surface area (Å²) in [6.07, 6.45) is 0.112. The van der Waals surface area contributed by atoms with E-state index in [4.69, 9.17) is 9.47 Å². The fourth-order valence-corrected chi connectivity index (χ4v) is 3.14. The first-order valence-electron chi connectivity index (χ1n) is 8.98. The minimum atomic E-state index is -0.457. The second kappa shape index (κ2) is 9.87. The van der Waals surface area contributed by atoms with Crippen LogP contribution in [0.2, 0.25) is 0 Å². The summed E-state index contributed by atoms with van der Waals surface area (Å²) in [6, 6.07) is 9.39. The Hall–Kier alpha value is -2.67. The molecule has 7 nitrogen and oxygen atoms in total. The molecule has 0 saturated carbocycles. The maximum atomic E-state index is 12.7. The average molecular weight is 374 g/mol. The second-order valence-electron chi connectivity index (χ2n) is 6.21. The molecule has 1 aromatic carbocycles. The number of carbonyl (C=O) groups is 3. The van der Waals surface area contributed by atoms with Gasteiger partial charge in [-0.25, -0.2) is 4.79 Å². The molecule has 1 atom stereocenters. The number of ether oxygens (including phenoxy) is 2. The molecule has 0 saturated heterocycles. The van der Waals surface area contributed by atoms with Crippen LogP contribution >= 0.6 is 0 Å². The third-order valence-electron chi connectivity index (χ3n) is 4.45. The van der Waals surface area contributed by atoms with E-state index in [-0.39, 0.29) is 37.3 Å². The predicted molar refractivity (Wildman–Crippen MR) is 99.7 cm³/mol. The highest BCUT2D eigenvalue weighted by Crippen LogP contribution is 2.36. The van der Waals surface area contributed by atoms with Gasteiger partial charge in [0.1, 0.15) is 6.54 Å². The van der Waals surface area contributed by atoms with Crippen LogP contribution in [-0.2, 0) is 23.9 Å². The van der Waals surface area contributed by atoms with Crippen molar-refractivity contribution in [1.29, 1.82) is 0 Å². The quantitative estimate of drug-likeness (QED) is 0.552. The zero-order chi connectivity index (χ0) is 19.8. The van der Waals surface area contributed by atoms with Gasteiger partial charge >= 0.3 is 5.97 Å². The number of amides is 2. The van der Waals surface area contributed by atoms with Crippen LogP contribution in [-0.4, -0.2) is 56.1 Å². The SMILES string of the molecule is CCOC(=O)C1=C(C)N(CC(=O)NCCOC)C(=O)CC1c1ccccc1. The molecule has 27 heavy (non-hydrogen) atoms. The summed E-state index contributed by atoms with van der Waals surface area (Å²) in [5.41, 5.74) is 1.75. The van der Waals surface area contributed by atoms with Crippen molar-refractivity contribution in [1.82, 2.24) is 10.2 Å². The molecular weight excluding hydrogens is 348 g/mol. The highest BCUT2D eigenvalue weighted by atomic mass is 16.5. The van der Waals surface area contributed by atoms with Gasteiger partial charge in [-0.1, -0.05) is 30.3 Å². The van der Waals surface area contributed by atoms with Crippen molar-refractivity contribution >= 4 is 17.8 Å². The lowest BCUT2D eigenvalue weighted by Crippen LogP contribution is -2.44. The Morgan fingerprint density at radius 1 is 1.26 bits per heavy atom. The summed E-state index contributed by atoms with van der Waals surface area (Å²) < 4.78 is 10.1. The first kappa shape index (κ1) is 20.6. The lowest BCUT2D eigenvalue weighted by atomic mass is 9.83. The molecule has 0 aliphatic carbocycles. The van der Waals surface area contributed by atoms with Crippen LogP contribution in [0.15, 0.2) is 41.6 Å². The van der Waals surface area contributed by atoms with Gasteiger partial charge in [-0.15, -0.1) is 0 Å². The minimum Gasteiger partial charge on any atom is -0.463 e. The molecule has 1 aliphatic heterocycles. The molecule has 1 aromatic rings. The van der Waals surface area contributed by atoms with Gasteiger partial charge in [0.15, 0.2) is 0 Å². The van der Waals surface area contributed by atoms with Crippen LogP contribution in [0.5, 0.6) is 0 Å². The van der Waals surface area contributed by atoms with E-state index >= 15 is 0 Å². The third-order valence-corrected chi connectivity index (χ3v) is 4.45.